The molecule has 0 aromatic carbocycles. The molecular formula is C51H80O20. The molecule has 2 heterocycles. The van der Waals surface area contributed by atoms with Crippen molar-refractivity contribution in [3.05, 3.63) is 11.6 Å². The molecule has 7 aliphatic rings. The third-order valence-electron chi connectivity index (χ3n) is 19.1. The van der Waals surface area contributed by atoms with Crippen molar-refractivity contribution in [1.82, 2.24) is 0 Å². The van der Waals surface area contributed by atoms with Crippen molar-refractivity contribution in [3.8, 4) is 0 Å². The maximum absolute atomic E-state index is 14.7. The number of hydrogen-bond acceptors (Lipinski definition) is 20. The zero-order valence-corrected chi connectivity index (χ0v) is 43.2. The molecule has 0 radical (unpaired) electrons. The molecule has 2 unspecified atom stereocenters. The lowest BCUT2D eigenvalue weighted by atomic mass is 9.33. The molecule has 4 saturated carbocycles. The summed E-state index contributed by atoms with van der Waals surface area (Å²) >= 11 is 0. The molecule has 6 N–H and O–H groups in total. The fourth-order valence-electron chi connectivity index (χ4n) is 14.8. The van der Waals surface area contributed by atoms with Gasteiger partial charge in [0.1, 0.15) is 49.3 Å². The number of aliphatic hydroxyl groups excluding tert-OH is 6. The zero-order valence-electron chi connectivity index (χ0n) is 43.2. The summed E-state index contributed by atoms with van der Waals surface area (Å²) in [5.74, 6) is -3.07. The Bertz CT molecular complexity index is 1990. The predicted octanol–water partition coefficient (Wildman–Crippen LogP) is 2.23. The molecule has 0 aromatic heterocycles. The lowest BCUT2D eigenvalue weighted by Crippen LogP contribution is -2.66. The van der Waals surface area contributed by atoms with Crippen LogP contribution in [0.4, 0.5) is 0 Å². The summed E-state index contributed by atoms with van der Waals surface area (Å²) in [5.41, 5.74) is -0.926. The number of fused-ring (bicyclic) bond motifs is 7. The molecule has 71 heavy (non-hydrogen) atoms. The number of methoxy groups -OCH3 is 4. The second kappa shape index (κ2) is 20.7. The Kier molecular flexibility index (Phi) is 16.3. The maximum atomic E-state index is 14.7. The maximum Gasteiger partial charge on any atom is 0.340 e. The molecule has 404 valence electrons. The summed E-state index contributed by atoms with van der Waals surface area (Å²) in [6, 6.07) is 0. The van der Waals surface area contributed by atoms with Gasteiger partial charge in [-0.25, -0.2) is 14.4 Å². The van der Waals surface area contributed by atoms with Crippen molar-refractivity contribution in [2.45, 2.75) is 193 Å². The van der Waals surface area contributed by atoms with Gasteiger partial charge in [0, 0.05) is 7.11 Å². The van der Waals surface area contributed by atoms with Gasteiger partial charge in [-0.1, -0.05) is 60.1 Å². The quantitative estimate of drug-likeness (QED) is 0.0478. The first-order chi connectivity index (χ1) is 33.2. The second-order valence-corrected chi connectivity index (χ2v) is 23.4. The number of ether oxygens (including phenoxy) is 10. The van der Waals surface area contributed by atoms with Gasteiger partial charge in [0.25, 0.3) is 0 Å². The molecular weight excluding hydrogens is 933 g/mol. The van der Waals surface area contributed by atoms with Crippen LogP contribution in [0.3, 0.4) is 0 Å². The predicted molar refractivity (Wildman–Crippen MR) is 246 cm³/mol. The summed E-state index contributed by atoms with van der Waals surface area (Å²) < 4.78 is 55.8. The monoisotopic (exact) mass is 1010 g/mol. The number of carbonyl (C=O) groups is 4. The minimum Gasteiger partial charge on any atom is -0.467 e. The van der Waals surface area contributed by atoms with E-state index in [1.165, 1.54) is 12.7 Å². The van der Waals surface area contributed by atoms with Crippen LogP contribution >= 0.6 is 0 Å². The molecule has 0 amide bonds. The molecule has 7 rings (SSSR count). The van der Waals surface area contributed by atoms with Gasteiger partial charge in [-0.3, -0.25) is 4.79 Å². The summed E-state index contributed by atoms with van der Waals surface area (Å²) in [6.07, 6.45) is -10.6. The summed E-state index contributed by atoms with van der Waals surface area (Å²) in [7, 11) is 4.52. The topological polar surface area (TPSA) is 282 Å². The molecule has 2 aliphatic heterocycles. The molecule has 2 saturated heterocycles. The fourth-order valence-corrected chi connectivity index (χ4v) is 14.8. The second-order valence-electron chi connectivity index (χ2n) is 23.4. The van der Waals surface area contributed by atoms with Gasteiger partial charge in [0.2, 0.25) is 12.4 Å². The first-order valence-electron chi connectivity index (χ1n) is 25.2. The largest absolute Gasteiger partial charge is 0.467 e. The molecule has 20 nitrogen and oxygen atoms in total. The zero-order chi connectivity index (χ0) is 52.4. The van der Waals surface area contributed by atoms with Crippen molar-refractivity contribution in [2.24, 2.45) is 50.2 Å². The Morgan fingerprint density at radius 1 is 0.746 bits per heavy atom. The minimum atomic E-state index is -1.86. The van der Waals surface area contributed by atoms with Crippen molar-refractivity contribution < 1.29 is 97.2 Å². The normalized spacial score (nSPS) is 44.4. The van der Waals surface area contributed by atoms with Crippen LogP contribution in [0.2, 0.25) is 0 Å². The molecule has 0 spiro atoms. The van der Waals surface area contributed by atoms with E-state index in [0.29, 0.717) is 19.3 Å². The van der Waals surface area contributed by atoms with Gasteiger partial charge in [-0.2, -0.15) is 0 Å². The van der Waals surface area contributed by atoms with Crippen LogP contribution < -0.4 is 0 Å². The molecule has 5 aliphatic carbocycles. The van der Waals surface area contributed by atoms with Crippen LogP contribution in [0.15, 0.2) is 11.6 Å². The lowest BCUT2D eigenvalue weighted by molar-refractivity contribution is -0.346. The van der Waals surface area contributed by atoms with Crippen molar-refractivity contribution >= 4 is 23.9 Å². The Morgan fingerprint density at radius 2 is 1.44 bits per heavy atom. The fraction of sp³-hybridized carbons (Fsp3) is 0.882. The highest BCUT2D eigenvalue weighted by atomic mass is 16.7. The van der Waals surface area contributed by atoms with E-state index in [4.69, 9.17) is 42.6 Å². The van der Waals surface area contributed by atoms with Gasteiger partial charge in [0.05, 0.1) is 39.5 Å². The number of hydrogen-bond donors (Lipinski definition) is 6. The van der Waals surface area contributed by atoms with Crippen LogP contribution in [0.5, 0.6) is 0 Å². The number of rotatable bonds is 14. The van der Waals surface area contributed by atoms with Crippen LogP contribution in [-0.4, -0.2) is 176 Å². The first kappa shape index (κ1) is 55.9. The highest BCUT2D eigenvalue weighted by Crippen LogP contribution is 2.76. The average molecular weight is 1010 g/mol. The Morgan fingerprint density at radius 3 is 2.07 bits per heavy atom. The minimum absolute atomic E-state index is 0.0768. The summed E-state index contributed by atoms with van der Waals surface area (Å²) in [5, 5.41) is 65.1. The van der Waals surface area contributed by atoms with E-state index in [1.54, 1.807) is 0 Å². The van der Waals surface area contributed by atoms with E-state index in [-0.39, 0.29) is 39.4 Å². The third-order valence-corrected chi connectivity index (χ3v) is 19.1. The number of aliphatic hydroxyl groups is 6. The number of carbonyl (C=O) groups excluding carboxylic acids is 4. The van der Waals surface area contributed by atoms with E-state index in [0.717, 1.165) is 66.3 Å². The highest BCUT2D eigenvalue weighted by molar-refractivity contribution is 5.79. The van der Waals surface area contributed by atoms with Gasteiger partial charge >= 0.3 is 23.9 Å². The van der Waals surface area contributed by atoms with Crippen LogP contribution in [0.1, 0.15) is 113 Å². The number of esters is 4. The van der Waals surface area contributed by atoms with Crippen molar-refractivity contribution in [3.63, 3.8) is 0 Å². The third kappa shape index (κ3) is 9.50. The molecule has 20 heteroatoms. The van der Waals surface area contributed by atoms with Gasteiger partial charge in [-0.15, -0.1) is 0 Å². The average Bonchev–Trinajstić information content (AvgIpc) is 3.33. The van der Waals surface area contributed by atoms with Gasteiger partial charge in [0.15, 0.2) is 18.7 Å². The Labute approximate surface area is 416 Å². The lowest BCUT2D eigenvalue weighted by Gasteiger charge is -2.71. The summed E-state index contributed by atoms with van der Waals surface area (Å²) in [6.45, 7) is 14.6. The van der Waals surface area contributed by atoms with Gasteiger partial charge < -0.3 is 78.0 Å². The Hall–Kier alpha value is -2.86. The van der Waals surface area contributed by atoms with E-state index >= 15 is 0 Å². The first-order valence-corrected chi connectivity index (χ1v) is 25.2. The van der Waals surface area contributed by atoms with Crippen LogP contribution in [0, 0.1) is 50.2 Å². The SMILES string of the molecule is COC(=O)COC(O[C@@H]1[C@@H](O)[C@H](O[C@H]2CC[C@]3(C)[C@H]4CC=C5[C@@H]6CC(C)(C)CC[C@]6(C(=O)O[C@@H]6O[C@H](CO)[C@@H](O)[C@H](O)[C@H]6O)CC[C@@]5(C)[C@]4(C)CC[C@H]3C2(C)C)O[C@H](C(=O)OC)[C@H]1O)C(OC)C(=O)OC. The standard InChI is InChI=1S/C51H80O20/c1-46(2)18-20-51(45(61)71-42-34(56)33(55)32(54)27(23-52)67-42)21-19-49(6)25(26(51)22-46)12-13-29-48(5)16-15-30(47(3,4)28(48)14-17-50(29,49)7)68-43-36(58)37(35(57)38(70-43)40(59)64-10)69-44(66-24-31(53)62-8)39(63-9)41(60)65-11/h12,26-30,32-39,42-44,52,54-58H,13-24H2,1-11H3/t26-,27+,28-,29+,30-,32+,33-,34+,35-,36+,37-,38-,39?,42-,43+,44?,48-,49+,50+,51-/m0/s1. The molecule has 0 bridgehead atoms. The van der Waals surface area contributed by atoms with E-state index in [1.807, 2.05) is 0 Å². The van der Waals surface area contributed by atoms with E-state index < -0.39 is 128 Å². The Balaban J connectivity index is 1.14. The smallest absolute Gasteiger partial charge is 0.340 e. The highest BCUT2D eigenvalue weighted by Gasteiger charge is 2.70. The van der Waals surface area contributed by atoms with Crippen molar-refractivity contribution in [1.29, 1.82) is 0 Å². The van der Waals surface area contributed by atoms with Crippen LogP contribution in [-0.2, 0) is 66.5 Å². The molecule has 6 fully saturated rings. The van der Waals surface area contributed by atoms with Crippen molar-refractivity contribution in [2.75, 3.05) is 41.7 Å². The van der Waals surface area contributed by atoms with Crippen LogP contribution in [0.25, 0.3) is 0 Å². The summed E-state index contributed by atoms with van der Waals surface area (Å²) in [4.78, 5) is 52.7. The van der Waals surface area contributed by atoms with Gasteiger partial charge in [-0.05, 0) is 109 Å². The number of allylic oxidation sites excluding steroid dienone is 2. The van der Waals surface area contributed by atoms with E-state index in [2.05, 4.69) is 59.3 Å². The van der Waals surface area contributed by atoms with E-state index in [9.17, 15) is 49.8 Å². The molecule has 0 aromatic rings. The molecule has 20 atom stereocenters.